The lowest BCUT2D eigenvalue weighted by molar-refractivity contribution is -0.137. The van der Waals surface area contributed by atoms with Crippen LogP contribution >= 0.6 is 0 Å². The van der Waals surface area contributed by atoms with Crippen LogP contribution < -0.4 is 9.47 Å². The van der Waals surface area contributed by atoms with Gasteiger partial charge >= 0.3 is 11.9 Å². The molecular formula is C23H24O6. The molecule has 0 radical (unpaired) electrons. The Morgan fingerprint density at radius 2 is 1.45 bits per heavy atom. The summed E-state index contributed by atoms with van der Waals surface area (Å²) in [5, 5.41) is 0. The number of carbonyl (C=O) groups is 3. The Morgan fingerprint density at radius 3 is 2.07 bits per heavy atom. The van der Waals surface area contributed by atoms with Gasteiger partial charge in [0.25, 0.3) is 0 Å². The van der Waals surface area contributed by atoms with Gasteiger partial charge in [-0.15, -0.1) is 0 Å². The van der Waals surface area contributed by atoms with Gasteiger partial charge in [0.15, 0.2) is 0 Å². The lowest BCUT2D eigenvalue weighted by Gasteiger charge is -2.08. The molecule has 0 heterocycles. The zero-order valence-corrected chi connectivity index (χ0v) is 16.2. The van der Waals surface area contributed by atoms with Gasteiger partial charge in [-0.05, 0) is 74.2 Å². The summed E-state index contributed by atoms with van der Waals surface area (Å²) in [6, 6.07) is 13.0. The number of carbonyl (C=O) groups excluding carboxylic acids is 3. The predicted molar refractivity (Wildman–Crippen MR) is 108 cm³/mol. The van der Waals surface area contributed by atoms with Crippen LogP contribution in [0.5, 0.6) is 11.5 Å². The van der Waals surface area contributed by atoms with Crippen LogP contribution in [0.15, 0.2) is 61.2 Å². The third-order valence-electron chi connectivity index (χ3n) is 4.04. The fraction of sp³-hybridized carbons (Fsp3) is 0.261. The van der Waals surface area contributed by atoms with Crippen LogP contribution in [-0.2, 0) is 9.53 Å². The van der Waals surface area contributed by atoms with E-state index in [1.807, 2.05) is 0 Å². The summed E-state index contributed by atoms with van der Waals surface area (Å²) in [4.78, 5) is 33.7. The minimum absolute atomic E-state index is 0.375. The van der Waals surface area contributed by atoms with Gasteiger partial charge in [0, 0.05) is 11.6 Å². The molecule has 0 N–H and O–H groups in total. The van der Waals surface area contributed by atoms with E-state index in [1.54, 1.807) is 48.5 Å². The van der Waals surface area contributed by atoms with Crippen LogP contribution in [0.3, 0.4) is 0 Å². The molecule has 0 aromatic heterocycles. The zero-order chi connectivity index (χ0) is 20.9. The van der Waals surface area contributed by atoms with E-state index in [9.17, 15) is 14.4 Å². The summed E-state index contributed by atoms with van der Waals surface area (Å²) < 4.78 is 15.8. The van der Waals surface area contributed by atoms with Crippen LogP contribution in [0.25, 0.3) is 0 Å². The van der Waals surface area contributed by atoms with Gasteiger partial charge in [-0.25, -0.2) is 9.59 Å². The third kappa shape index (κ3) is 8.01. The number of hydrogen-bond acceptors (Lipinski definition) is 6. The molecule has 0 fully saturated rings. The van der Waals surface area contributed by atoms with Crippen molar-refractivity contribution >= 4 is 18.2 Å². The van der Waals surface area contributed by atoms with Crippen LogP contribution in [0.1, 0.15) is 46.4 Å². The highest BCUT2D eigenvalue weighted by molar-refractivity contribution is 5.91. The van der Waals surface area contributed by atoms with Gasteiger partial charge in [-0.1, -0.05) is 6.58 Å². The number of hydrogen-bond donors (Lipinski definition) is 0. The molecule has 0 unspecified atom stereocenters. The highest BCUT2D eigenvalue weighted by Crippen LogP contribution is 2.17. The van der Waals surface area contributed by atoms with Crippen molar-refractivity contribution in [2.24, 2.45) is 0 Å². The Balaban J connectivity index is 1.66. The summed E-state index contributed by atoms with van der Waals surface area (Å²) >= 11 is 0. The SMILES string of the molecule is C=CC(=O)OCCCCCCOc1ccc(C(=O)Oc2ccc(C=O)cc2)cc1. The second-order valence-electron chi connectivity index (χ2n) is 6.24. The Labute approximate surface area is 170 Å². The monoisotopic (exact) mass is 396 g/mol. The maximum absolute atomic E-state index is 12.2. The Bertz CT molecular complexity index is 808. The van der Waals surface area contributed by atoms with Crippen molar-refractivity contribution in [3.63, 3.8) is 0 Å². The van der Waals surface area contributed by atoms with Crippen LogP contribution in [-0.4, -0.2) is 31.4 Å². The van der Waals surface area contributed by atoms with Crippen molar-refractivity contribution in [3.8, 4) is 11.5 Å². The number of esters is 2. The van der Waals surface area contributed by atoms with E-state index in [4.69, 9.17) is 14.2 Å². The van der Waals surface area contributed by atoms with E-state index >= 15 is 0 Å². The Morgan fingerprint density at radius 1 is 0.828 bits per heavy atom. The summed E-state index contributed by atoms with van der Waals surface area (Å²) in [5.74, 6) is 0.181. The minimum atomic E-state index is -0.479. The average molecular weight is 396 g/mol. The van der Waals surface area contributed by atoms with Crippen molar-refractivity contribution in [2.75, 3.05) is 13.2 Å². The van der Waals surface area contributed by atoms with E-state index in [1.165, 1.54) is 0 Å². The number of unbranched alkanes of at least 4 members (excludes halogenated alkanes) is 3. The first-order chi connectivity index (χ1) is 14.1. The molecule has 0 spiro atoms. The summed E-state index contributed by atoms with van der Waals surface area (Å²) in [7, 11) is 0. The zero-order valence-electron chi connectivity index (χ0n) is 16.2. The second kappa shape index (κ2) is 12.1. The number of ether oxygens (including phenoxy) is 3. The van der Waals surface area contributed by atoms with Gasteiger partial charge < -0.3 is 14.2 Å². The molecule has 0 bridgehead atoms. The number of aldehydes is 1. The first-order valence-corrected chi connectivity index (χ1v) is 9.42. The average Bonchev–Trinajstić information content (AvgIpc) is 2.76. The molecule has 0 aliphatic rings. The van der Waals surface area contributed by atoms with Gasteiger partial charge in [0.05, 0.1) is 18.8 Å². The van der Waals surface area contributed by atoms with Crippen LogP contribution in [0.4, 0.5) is 0 Å². The standard InChI is InChI=1S/C23H24O6/c1-2-22(25)28-16-6-4-3-5-15-27-20-13-9-19(10-14-20)23(26)29-21-11-7-18(17-24)8-12-21/h2,7-14,17H,1,3-6,15-16H2. The maximum Gasteiger partial charge on any atom is 0.343 e. The molecule has 2 aromatic rings. The molecule has 0 aliphatic carbocycles. The van der Waals surface area contributed by atoms with E-state index in [0.29, 0.717) is 35.8 Å². The van der Waals surface area contributed by atoms with Crippen molar-refractivity contribution < 1.29 is 28.6 Å². The van der Waals surface area contributed by atoms with E-state index in [2.05, 4.69) is 6.58 Å². The number of rotatable bonds is 12. The fourth-order valence-corrected chi connectivity index (χ4v) is 2.45. The van der Waals surface area contributed by atoms with Crippen molar-refractivity contribution in [1.82, 2.24) is 0 Å². The largest absolute Gasteiger partial charge is 0.494 e. The maximum atomic E-state index is 12.2. The molecule has 0 saturated carbocycles. The lowest BCUT2D eigenvalue weighted by Crippen LogP contribution is -2.08. The molecule has 0 atom stereocenters. The second-order valence-corrected chi connectivity index (χ2v) is 6.24. The molecule has 152 valence electrons. The van der Waals surface area contributed by atoms with Gasteiger partial charge in [-0.2, -0.15) is 0 Å². The molecule has 0 aliphatic heterocycles. The topological polar surface area (TPSA) is 78.9 Å². The summed E-state index contributed by atoms with van der Waals surface area (Å²) in [5.41, 5.74) is 0.924. The molecule has 0 saturated heterocycles. The van der Waals surface area contributed by atoms with Crippen molar-refractivity contribution in [1.29, 1.82) is 0 Å². The highest BCUT2D eigenvalue weighted by atomic mass is 16.5. The Hall–Kier alpha value is -3.41. The Kier molecular flexibility index (Phi) is 9.15. The summed E-state index contributed by atoms with van der Waals surface area (Å²) in [6.45, 7) is 4.32. The quantitative estimate of drug-likeness (QED) is 0.174. The summed E-state index contributed by atoms with van der Waals surface area (Å²) in [6.07, 6.45) is 5.51. The first kappa shape index (κ1) is 21.9. The van der Waals surface area contributed by atoms with Crippen LogP contribution in [0.2, 0.25) is 0 Å². The van der Waals surface area contributed by atoms with Gasteiger partial charge in [0.1, 0.15) is 17.8 Å². The normalized spacial score (nSPS) is 10.1. The molecule has 0 amide bonds. The molecule has 2 rings (SSSR count). The lowest BCUT2D eigenvalue weighted by atomic mass is 10.2. The minimum Gasteiger partial charge on any atom is -0.494 e. The molecular weight excluding hydrogens is 372 g/mol. The third-order valence-corrected chi connectivity index (χ3v) is 4.04. The van der Waals surface area contributed by atoms with Crippen LogP contribution in [0, 0.1) is 0 Å². The van der Waals surface area contributed by atoms with Crippen molar-refractivity contribution in [3.05, 3.63) is 72.3 Å². The molecule has 29 heavy (non-hydrogen) atoms. The van der Waals surface area contributed by atoms with Gasteiger partial charge in [0.2, 0.25) is 0 Å². The molecule has 6 nitrogen and oxygen atoms in total. The van der Waals surface area contributed by atoms with Crippen molar-refractivity contribution in [2.45, 2.75) is 25.7 Å². The van der Waals surface area contributed by atoms with Gasteiger partial charge in [-0.3, -0.25) is 4.79 Å². The van der Waals surface area contributed by atoms with E-state index < -0.39 is 11.9 Å². The predicted octanol–water partition coefficient (Wildman–Crippen LogP) is 4.39. The molecule has 2 aromatic carbocycles. The van der Waals surface area contributed by atoms with E-state index in [-0.39, 0.29) is 0 Å². The smallest absolute Gasteiger partial charge is 0.343 e. The number of benzene rings is 2. The fourth-order valence-electron chi connectivity index (χ4n) is 2.45. The van der Waals surface area contributed by atoms with E-state index in [0.717, 1.165) is 38.0 Å². The molecule has 6 heteroatoms. The highest BCUT2D eigenvalue weighted by Gasteiger charge is 2.09. The first-order valence-electron chi connectivity index (χ1n) is 9.42.